The molecule has 4 rings (SSSR count). The molecule has 0 aliphatic carbocycles. The zero-order chi connectivity index (χ0) is 19.8. The number of ether oxygens (including phenoxy) is 3. The summed E-state index contributed by atoms with van der Waals surface area (Å²) in [5.41, 5.74) is 1.52. The molecule has 0 radical (unpaired) electrons. The van der Waals surface area contributed by atoms with Crippen LogP contribution in [0.1, 0.15) is 11.1 Å². The van der Waals surface area contributed by atoms with Gasteiger partial charge in [-0.3, -0.25) is 14.5 Å². The predicted octanol–water partition coefficient (Wildman–Crippen LogP) is 2.71. The van der Waals surface area contributed by atoms with Crippen LogP contribution in [0.5, 0.6) is 11.5 Å². The van der Waals surface area contributed by atoms with Crippen LogP contribution in [0, 0.1) is 0 Å². The van der Waals surface area contributed by atoms with E-state index in [1.807, 2.05) is 0 Å². The van der Waals surface area contributed by atoms with Gasteiger partial charge in [-0.2, -0.15) is 0 Å². The zero-order valence-electron chi connectivity index (χ0n) is 14.8. The number of nitrogens with zero attached hydrogens (tertiary/aromatic N) is 2. The van der Waals surface area contributed by atoms with Gasteiger partial charge >= 0.3 is 17.8 Å². The molecule has 0 unspecified atom stereocenters. The first-order chi connectivity index (χ1) is 13.5. The minimum Gasteiger partial charge on any atom is -0.497 e. The number of urea groups is 1. The van der Waals surface area contributed by atoms with E-state index >= 15 is 0 Å². The monoisotopic (exact) mass is 402 g/mol. The van der Waals surface area contributed by atoms with Crippen LogP contribution in [-0.2, 0) is 27.5 Å². The van der Waals surface area contributed by atoms with E-state index in [1.165, 1.54) is 19.2 Å². The van der Waals surface area contributed by atoms with Gasteiger partial charge in [-0.15, -0.1) is 0 Å². The van der Waals surface area contributed by atoms with E-state index < -0.39 is 17.8 Å². The third-order valence-corrected chi connectivity index (χ3v) is 4.68. The van der Waals surface area contributed by atoms with Crippen LogP contribution < -0.4 is 14.4 Å². The van der Waals surface area contributed by atoms with E-state index in [1.54, 1.807) is 24.3 Å². The van der Waals surface area contributed by atoms with Gasteiger partial charge in [0.25, 0.3) is 0 Å². The van der Waals surface area contributed by atoms with Crippen LogP contribution in [0.3, 0.4) is 0 Å². The van der Waals surface area contributed by atoms with Crippen LogP contribution >= 0.6 is 11.6 Å². The number of halogens is 1. The molecule has 1 saturated heterocycles. The van der Waals surface area contributed by atoms with E-state index in [4.69, 9.17) is 25.8 Å². The highest BCUT2D eigenvalue weighted by atomic mass is 35.5. The molecule has 0 saturated carbocycles. The lowest BCUT2D eigenvalue weighted by molar-refractivity contribution is -0.139. The molecule has 8 nitrogen and oxygen atoms in total. The first kappa shape index (κ1) is 18.3. The number of anilines is 1. The first-order valence-corrected chi connectivity index (χ1v) is 8.73. The Balaban J connectivity index is 1.64. The van der Waals surface area contributed by atoms with Crippen molar-refractivity contribution >= 4 is 35.1 Å². The maximum absolute atomic E-state index is 12.8. The lowest BCUT2D eigenvalue weighted by Gasteiger charge is -2.23. The Bertz CT molecular complexity index is 975. The minimum absolute atomic E-state index is 0.0560. The number of rotatable bonds is 4. The first-order valence-electron chi connectivity index (χ1n) is 8.35. The maximum Gasteiger partial charge on any atom is 0.339 e. The van der Waals surface area contributed by atoms with E-state index in [2.05, 4.69) is 0 Å². The molecule has 2 aromatic carbocycles. The van der Waals surface area contributed by atoms with Crippen molar-refractivity contribution in [3.63, 3.8) is 0 Å². The van der Waals surface area contributed by atoms with Gasteiger partial charge in [0.15, 0.2) is 6.79 Å². The van der Waals surface area contributed by atoms with Crippen molar-refractivity contribution in [2.45, 2.75) is 13.2 Å². The summed E-state index contributed by atoms with van der Waals surface area (Å²) in [6.45, 7) is 0.223. The van der Waals surface area contributed by atoms with E-state index in [0.717, 1.165) is 9.80 Å². The number of amides is 4. The van der Waals surface area contributed by atoms with Crippen LogP contribution in [-0.4, -0.2) is 36.6 Å². The fourth-order valence-electron chi connectivity index (χ4n) is 3.15. The smallest absolute Gasteiger partial charge is 0.339 e. The molecule has 0 atom stereocenters. The van der Waals surface area contributed by atoms with E-state index in [0.29, 0.717) is 34.3 Å². The Morgan fingerprint density at radius 3 is 2.57 bits per heavy atom. The Hall–Kier alpha value is -3.10. The predicted molar refractivity (Wildman–Crippen MR) is 98.2 cm³/mol. The van der Waals surface area contributed by atoms with Gasteiger partial charge in [-0.1, -0.05) is 11.6 Å². The largest absolute Gasteiger partial charge is 0.497 e. The van der Waals surface area contributed by atoms with Crippen molar-refractivity contribution < 1.29 is 28.6 Å². The Morgan fingerprint density at radius 1 is 1.11 bits per heavy atom. The Labute approximate surface area is 165 Å². The fourth-order valence-corrected chi connectivity index (χ4v) is 3.41. The molecule has 2 aliphatic heterocycles. The molecule has 0 bridgehead atoms. The summed E-state index contributed by atoms with van der Waals surface area (Å²) in [5.74, 6) is -0.764. The molecule has 1 fully saturated rings. The van der Waals surface area contributed by atoms with Gasteiger partial charge in [-0.05, 0) is 36.4 Å². The van der Waals surface area contributed by atoms with Gasteiger partial charge in [0, 0.05) is 16.1 Å². The summed E-state index contributed by atoms with van der Waals surface area (Å²) in [5, 5.41) is 0.417. The summed E-state index contributed by atoms with van der Waals surface area (Å²) in [6.07, 6.45) is 0. The molecule has 9 heteroatoms. The molecular formula is C19H15ClN2O6. The molecule has 0 aromatic heterocycles. The standard InChI is InChI=1S/C19H15ClN2O6/c1-26-15-4-2-14(3-5-15)22-18(24)17(23)21(19(22)25)8-11-6-13(20)7-12-9-27-10-28-16(11)12/h2-7H,8-10H2,1H3. The summed E-state index contributed by atoms with van der Waals surface area (Å²) in [4.78, 5) is 39.4. The van der Waals surface area contributed by atoms with Gasteiger partial charge in [0.05, 0.1) is 25.9 Å². The third kappa shape index (κ3) is 3.06. The average molecular weight is 403 g/mol. The van der Waals surface area contributed by atoms with Gasteiger partial charge in [-0.25, -0.2) is 9.69 Å². The second-order valence-corrected chi connectivity index (χ2v) is 6.61. The average Bonchev–Trinajstić information content (AvgIpc) is 2.91. The minimum atomic E-state index is -0.921. The number of imide groups is 2. The second kappa shape index (κ2) is 7.14. The Kier molecular flexibility index (Phi) is 4.66. The van der Waals surface area contributed by atoms with Crippen molar-refractivity contribution in [1.29, 1.82) is 0 Å². The summed E-state index contributed by atoms with van der Waals surface area (Å²) in [7, 11) is 1.51. The Morgan fingerprint density at radius 2 is 1.86 bits per heavy atom. The molecule has 28 heavy (non-hydrogen) atoms. The number of methoxy groups -OCH3 is 1. The summed E-state index contributed by atoms with van der Waals surface area (Å²) >= 11 is 6.13. The zero-order valence-corrected chi connectivity index (χ0v) is 15.6. The molecule has 2 aliphatic rings. The lowest BCUT2D eigenvalue weighted by atomic mass is 10.1. The van der Waals surface area contributed by atoms with Crippen molar-refractivity contribution in [1.82, 2.24) is 4.90 Å². The van der Waals surface area contributed by atoms with E-state index in [-0.39, 0.29) is 19.0 Å². The second-order valence-electron chi connectivity index (χ2n) is 6.18. The number of carbonyl (C=O) groups is 3. The summed E-state index contributed by atoms with van der Waals surface area (Å²) in [6, 6.07) is 8.84. The molecule has 0 N–H and O–H groups in total. The molecule has 2 aromatic rings. The van der Waals surface area contributed by atoms with Gasteiger partial charge in [0.2, 0.25) is 0 Å². The van der Waals surface area contributed by atoms with Crippen molar-refractivity contribution in [3.8, 4) is 11.5 Å². The lowest BCUT2D eigenvalue weighted by Crippen LogP contribution is -2.33. The SMILES string of the molecule is COc1ccc(N2C(=O)C(=O)N(Cc3cc(Cl)cc4c3OCOC4)C2=O)cc1. The van der Waals surface area contributed by atoms with Crippen LogP contribution in [0.4, 0.5) is 10.5 Å². The fraction of sp³-hybridized carbons (Fsp3) is 0.211. The highest BCUT2D eigenvalue weighted by molar-refractivity contribution is 6.52. The quantitative estimate of drug-likeness (QED) is 0.577. The van der Waals surface area contributed by atoms with Crippen molar-refractivity contribution in [3.05, 3.63) is 52.5 Å². The van der Waals surface area contributed by atoms with Crippen LogP contribution in [0.15, 0.2) is 36.4 Å². The van der Waals surface area contributed by atoms with Gasteiger partial charge in [0.1, 0.15) is 11.5 Å². The number of carbonyl (C=O) groups excluding carboxylic acids is 3. The number of hydrogen-bond donors (Lipinski definition) is 0. The molecular weight excluding hydrogens is 388 g/mol. The normalized spacial score (nSPS) is 16.3. The summed E-state index contributed by atoms with van der Waals surface area (Å²) < 4.78 is 15.8. The van der Waals surface area contributed by atoms with Crippen LogP contribution in [0.2, 0.25) is 5.02 Å². The molecule has 144 valence electrons. The molecule has 0 spiro atoms. The number of hydrogen-bond acceptors (Lipinski definition) is 6. The number of benzene rings is 2. The van der Waals surface area contributed by atoms with Crippen molar-refractivity contribution in [2.75, 3.05) is 18.8 Å². The third-order valence-electron chi connectivity index (χ3n) is 4.46. The maximum atomic E-state index is 12.8. The highest BCUT2D eigenvalue weighted by Gasteiger charge is 2.45. The molecule has 2 heterocycles. The number of fused-ring (bicyclic) bond motifs is 1. The van der Waals surface area contributed by atoms with Crippen molar-refractivity contribution in [2.24, 2.45) is 0 Å². The van der Waals surface area contributed by atoms with Gasteiger partial charge < -0.3 is 14.2 Å². The topological polar surface area (TPSA) is 85.4 Å². The highest BCUT2D eigenvalue weighted by Crippen LogP contribution is 2.34. The van der Waals surface area contributed by atoms with Crippen LogP contribution in [0.25, 0.3) is 0 Å². The van der Waals surface area contributed by atoms with E-state index in [9.17, 15) is 14.4 Å². The molecule has 4 amide bonds.